The van der Waals surface area contributed by atoms with E-state index in [2.05, 4.69) is 21.2 Å². The molecule has 0 saturated carbocycles. The molecule has 1 aromatic carbocycles. The Bertz CT molecular complexity index is 466. The summed E-state index contributed by atoms with van der Waals surface area (Å²) in [6, 6.07) is 3.55. The largest absolute Gasteiger partial charge is 0.491 e. The first kappa shape index (κ1) is 14.4. The van der Waals surface area contributed by atoms with Crippen LogP contribution in [0.15, 0.2) is 22.7 Å². The van der Waals surface area contributed by atoms with Crippen LogP contribution in [0.25, 0.3) is 0 Å². The average Bonchev–Trinajstić information content (AvgIpc) is 2.28. The van der Waals surface area contributed by atoms with Gasteiger partial charge in [0.25, 0.3) is 5.69 Å². The number of nitrogens with one attached hydrogen (secondary N) is 1. The van der Waals surface area contributed by atoms with Crippen LogP contribution in [-0.2, 0) is 4.79 Å². The number of rotatable bonds is 6. The molecule has 0 fully saturated rings. The summed E-state index contributed by atoms with van der Waals surface area (Å²) in [5.41, 5.74) is 5.02. The average molecular weight is 318 g/mol. The highest BCUT2D eigenvalue weighted by Crippen LogP contribution is 2.26. The smallest absolute Gasteiger partial charge is 0.274 e. The van der Waals surface area contributed by atoms with Crippen LogP contribution < -0.4 is 15.8 Å². The van der Waals surface area contributed by atoms with Gasteiger partial charge in [0, 0.05) is 10.5 Å². The van der Waals surface area contributed by atoms with E-state index >= 15 is 0 Å². The maximum Gasteiger partial charge on any atom is 0.274 e. The summed E-state index contributed by atoms with van der Waals surface area (Å²) in [6.45, 7) is -0.000555. The Kier molecular flexibility index (Phi) is 5.05. The van der Waals surface area contributed by atoms with Crippen molar-refractivity contribution in [1.82, 2.24) is 5.32 Å². The van der Waals surface area contributed by atoms with Gasteiger partial charge in [-0.1, -0.05) is 15.9 Å². The molecule has 0 aliphatic carbocycles. The third kappa shape index (κ3) is 3.97. The van der Waals surface area contributed by atoms with Crippen molar-refractivity contribution < 1.29 is 14.5 Å². The number of hydrogen-bond donors (Lipinski definition) is 2. The highest BCUT2D eigenvalue weighted by Gasteiger charge is 2.15. The quantitative estimate of drug-likeness (QED) is 0.596. The molecule has 0 saturated heterocycles. The molecule has 0 aromatic heterocycles. The van der Waals surface area contributed by atoms with Crippen LogP contribution >= 0.6 is 15.9 Å². The van der Waals surface area contributed by atoms with Gasteiger partial charge in [-0.15, -0.1) is 0 Å². The lowest BCUT2D eigenvalue weighted by atomic mass is 10.3. The molecule has 1 aromatic rings. The molecule has 0 bridgehead atoms. The molecule has 98 valence electrons. The maximum atomic E-state index is 11.0. The summed E-state index contributed by atoms with van der Waals surface area (Å²) in [5, 5.41) is 13.3. The highest BCUT2D eigenvalue weighted by molar-refractivity contribution is 9.10. The Labute approximate surface area is 112 Å². The molecule has 1 unspecified atom stereocenters. The number of likely N-dealkylation sites (N-methyl/N-ethyl adjacent to an activating group) is 1. The van der Waals surface area contributed by atoms with E-state index in [-0.39, 0.29) is 18.0 Å². The summed E-state index contributed by atoms with van der Waals surface area (Å²) in [6.07, 6.45) is 0. The van der Waals surface area contributed by atoms with Crippen molar-refractivity contribution in [2.75, 3.05) is 13.7 Å². The first-order valence-corrected chi connectivity index (χ1v) is 5.77. The number of non-ortho nitro benzene ring substituents is 1. The summed E-state index contributed by atoms with van der Waals surface area (Å²) in [4.78, 5) is 21.1. The van der Waals surface area contributed by atoms with Crippen molar-refractivity contribution >= 4 is 27.5 Å². The van der Waals surface area contributed by atoms with Crippen LogP contribution in [0.2, 0.25) is 0 Å². The predicted octanol–water partition coefficient (Wildman–Crippen LogP) is 0.809. The molecule has 0 aliphatic heterocycles. The van der Waals surface area contributed by atoms with E-state index in [1.54, 1.807) is 13.1 Å². The topological polar surface area (TPSA) is 107 Å². The summed E-state index contributed by atoms with van der Waals surface area (Å²) in [5.74, 6) is -0.264. The number of primary amides is 1. The lowest BCUT2D eigenvalue weighted by molar-refractivity contribution is -0.385. The van der Waals surface area contributed by atoms with Gasteiger partial charge in [-0.25, -0.2) is 0 Å². The molecule has 8 heteroatoms. The molecular formula is C10H12BrN3O4. The standard InChI is InChI=1S/C10H12BrN3O4/c1-13-9(10(12)15)5-18-8-3-6(11)2-7(4-8)14(16)17/h2-4,9,13H,5H2,1H3,(H2,12,15). The monoisotopic (exact) mass is 317 g/mol. The van der Waals surface area contributed by atoms with Gasteiger partial charge in [-0.05, 0) is 13.1 Å². The Balaban J connectivity index is 2.78. The second-order valence-corrected chi connectivity index (χ2v) is 4.37. The number of nitro groups is 1. The minimum Gasteiger partial charge on any atom is -0.491 e. The van der Waals surface area contributed by atoms with Crippen molar-refractivity contribution in [2.24, 2.45) is 5.73 Å². The van der Waals surface area contributed by atoms with Crippen molar-refractivity contribution in [3.8, 4) is 5.75 Å². The summed E-state index contributed by atoms with van der Waals surface area (Å²) >= 11 is 3.14. The van der Waals surface area contributed by atoms with Crippen molar-refractivity contribution in [1.29, 1.82) is 0 Å². The SMILES string of the molecule is CNC(COc1cc(Br)cc([N+](=O)[O-])c1)C(N)=O. The number of nitrogens with zero attached hydrogens (tertiary/aromatic N) is 1. The summed E-state index contributed by atoms with van der Waals surface area (Å²) in [7, 11) is 1.57. The van der Waals surface area contributed by atoms with E-state index in [1.165, 1.54) is 12.1 Å². The number of carbonyl (C=O) groups is 1. The number of benzene rings is 1. The van der Waals surface area contributed by atoms with Crippen LogP contribution in [0.4, 0.5) is 5.69 Å². The van der Waals surface area contributed by atoms with E-state index in [0.717, 1.165) is 0 Å². The number of ether oxygens (including phenoxy) is 1. The first-order chi connectivity index (χ1) is 8.43. The van der Waals surface area contributed by atoms with E-state index in [1.807, 2.05) is 0 Å². The molecule has 0 spiro atoms. The number of halogens is 1. The number of hydrogen-bond acceptors (Lipinski definition) is 5. The zero-order valence-electron chi connectivity index (χ0n) is 9.55. The lowest BCUT2D eigenvalue weighted by Crippen LogP contribution is -2.43. The fourth-order valence-corrected chi connectivity index (χ4v) is 1.68. The number of amides is 1. The van der Waals surface area contributed by atoms with Crippen LogP contribution in [-0.4, -0.2) is 30.5 Å². The minimum atomic E-state index is -0.650. The van der Waals surface area contributed by atoms with Crippen molar-refractivity contribution in [3.63, 3.8) is 0 Å². The second kappa shape index (κ2) is 6.31. The third-order valence-corrected chi connectivity index (χ3v) is 2.63. The zero-order chi connectivity index (χ0) is 13.7. The summed E-state index contributed by atoms with van der Waals surface area (Å²) < 4.78 is 5.81. The number of nitrogens with two attached hydrogens (primary N) is 1. The van der Waals surface area contributed by atoms with Crippen LogP contribution in [0.3, 0.4) is 0 Å². The van der Waals surface area contributed by atoms with E-state index in [9.17, 15) is 14.9 Å². The highest BCUT2D eigenvalue weighted by atomic mass is 79.9. The normalized spacial score (nSPS) is 11.9. The molecule has 0 radical (unpaired) electrons. The maximum absolute atomic E-state index is 11.0. The number of nitro benzene ring substituents is 1. The molecule has 1 amide bonds. The second-order valence-electron chi connectivity index (χ2n) is 3.46. The van der Waals surface area contributed by atoms with Gasteiger partial charge in [-0.2, -0.15) is 0 Å². The predicted molar refractivity (Wildman–Crippen MR) is 68.3 cm³/mol. The number of carbonyl (C=O) groups excluding carboxylic acids is 1. The van der Waals surface area contributed by atoms with Gasteiger partial charge < -0.3 is 15.8 Å². The Hall–Kier alpha value is -1.67. The van der Waals surface area contributed by atoms with Crippen molar-refractivity contribution in [3.05, 3.63) is 32.8 Å². The van der Waals surface area contributed by atoms with Crippen molar-refractivity contribution in [2.45, 2.75) is 6.04 Å². The molecule has 1 rings (SSSR count). The molecule has 0 heterocycles. The van der Waals surface area contributed by atoms with Gasteiger partial charge in [0.2, 0.25) is 5.91 Å². The lowest BCUT2D eigenvalue weighted by Gasteiger charge is -2.13. The Morgan fingerprint density at radius 3 is 2.78 bits per heavy atom. The Morgan fingerprint density at radius 1 is 1.61 bits per heavy atom. The van der Waals surface area contributed by atoms with Gasteiger partial charge in [-0.3, -0.25) is 14.9 Å². The molecule has 18 heavy (non-hydrogen) atoms. The first-order valence-electron chi connectivity index (χ1n) is 4.98. The van der Waals surface area contributed by atoms with Gasteiger partial charge in [0.15, 0.2) is 0 Å². The fraction of sp³-hybridized carbons (Fsp3) is 0.300. The Morgan fingerprint density at radius 2 is 2.28 bits per heavy atom. The third-order valence-electron chi connectivity index (χ3n) is 2.18. The van der Waals surface area contributed by atoms with Gasteiger partial charge in [0.1, 0.15) is 18.4 Å². The molecule has 0 aliphatic rings. The van der Waals surface area contributed by atoms with Crippen LogP contribution in [0, 0.1) is 10.1 Å². The molecule has 3 N–H and O–H groups in total. The molecule has 1 atom stereocenters. The van der Waals surface area contributed by atoms with E-state index < -0.39 is 16.9 Å². The van der Waals surface area contributed by atoms with E-state index in [4.69, 9.17) is 10.5 Å². The van der Waals surface area contributed by atoms with Gasteiger partial charge in [0.05, 0.1) is 11.0 Å². The van der Waals surface area contributed by atoms with Crippen LogP contribution in [0.1, 0.15) is 0 Å². The minimum absolute atomic E-state index is 0.000555. The zero-order valence-corrected chi connectivity index (χ0v) is 11.1. The van der Waals surface area contributed by atoms with Gasteiger partial charge >= 0.3 is 0 Å². The molecular weight excluding hydrogens is 306 g/mol. The molecule has 7 nitrogen and oxygen atoms in total. The van der Waals surface area contributed by atoms with E-state index in [0.29, 0.717) is 4.47 Å². The van der Waals surface area contributed by atoms with Crippen LogP contribution in [0.5, 0.6) is 5.75 Å². The fourth-order valence-electron chi connectivity index (χ4n) is 1.22.